The Hall–Kier alpha value is -1.85. The molecule has 0 spiro atoms. The molecule has 112 valence electrons. The molecule has 1 aromatic carbocycles. The number of nitrogens with one attached hydrogen (secondary N) is 1. The van der Waals surface area contributed by atoms with Crippen LogP contribution in [0.3, 0.4) is 0 Å². The molecule has 5 nitrogen and oxygen atoms in total. The Labute approximate surface area is 129 Å². The Morgan fingerprint density at radius 1 is 1.38 bits per heavy atom. The lowest BCUT2D eigenvalue weighted by Gasteiger charge is -2.26. The van der Waals surface area contributed by atoms with Gasteiger partial charge < -0.3 is 11.1 Å². The van der Waals surface area contributed by atoms with Gasteiger partial charge in [0.1, 0.15) is 5.69 Å². The van der Waals surface area contributed by atoms with Crippen molar-refractivity contribution >= 4 is 23.2 Å². The zero-order valence-electron chi connectivity index (χ0n) is 12.3. The number of nitrogens with two attached hydrogens (primary N) is 1. The van der Waals surface area contributed by atoms with Crippen LogP contribution in [0, 0.1) is 5.41 Å². The van der Waals surface area contributed by atoms with E-state index in [1.54, 1.807) is 41.3 Å². The molecule has 0 aliphatic carbocycles. The normalized spacial score (nSPS) is 13.0. The van der Waals surface area contributed by atoms with Crippen LogP contribution in [-0.4, -0.2) is 21.7 Å². The molecule has 0 saturated heterocycles. The first-order valence-electron chi connectivity index (χ1n) is 6.65. The summed E-state index contributed by atoms with van der Waals surface area (Å²) in [5, 5.41) is 7.50. The van der Waals surface area contributed by atoms with Crippen molar-refractivity contribution in [2.24, 2.45) is 11.1 Å². The SMILES string of the molecule is CC(C)(C)[C@H](N)C(=O)Nc1cccc(Cl)c1-n1cccn1. The first kappa shape index (κ1) is 15.5. The number of aromatic nitrogens is 2. The topological polar surface area (TPSA) is 72.9 Å². The fourth-order valence-corrected chi connectivity index (χ4v) is 2.12. The number of para-hydroxylation sites is 1. The van der Waals surface area contributed by atoms with Crippen molar-refractivity contribution in [2.45, 2.75) is 26.8 Å². The number of anilines is 1. The van der Waals surface area contributed by atoms with Crippen LogP contribution in [0.1, 0.15) is 20.8 Å². The van der Waals surface area contributed by atoms with Crippen LogP contribution in [0.25, 0.3) is 5.69 Å². The summed E-state index contributed by atoms with van der Waals surface area (Å²) in [6.07, 6.45) is 3.41. The maximum absolute atomic E-state index is 12.3. The third kappa shape index (κ3) is 3.43. The van der Waals surface area contributed by atoms with Crippen molar-refractivity contribution in [2.75, 3.05) is 5.32 Å². The largest absolute Gasteiger partial charge is 0.323 e. The van der Waals surface area contributed by atoms with Gasteiger partial charge in [-0.2, -0.15) is 5.10 Å². The second kappa shape index (κ2) is 5.87. The summed E-state index contributed by atoms with van der Waals surface area (Å²) in [5.74, 6) is -0.252. The first-order valence-corrected chi connectivity index (χ1v) is 7.03. The number of nitrogens with zero attached hydrogens (tertiary/aromatic N) is 2. The van der Waals surface area contributed by atoms with Crippen molar-refractivity contribution in [3.63, 3.8) is 0 Å². The highest BCUT2D eigenvalue weighted by Crippen LogP contribution is 2.28. The number of rotatable bonds is 3. The number of carbonyl (C=O) groups excluding carboxylic acids is 1. The lowest BCUT2D eigenvalue weighted by atomic mass is 9.87. The average molecular weight is 307 g/mol. The monoisotopic (exact) mass is 306 g/mol. The van der Waals surface area contributed by atoms with Crippen molar-refractivity contribution < 1.29 is 4.79 Å². The molecule has 0 saturated carbocycles. The highest BCUT2D eigenvalue weighted by molar-refractivity contribution is 6.33. The van der Waals surface area contributed by atoms with E-state index in [0.717, 1.165) is 0 Å². The number of hydrogen-bond donors (Lipinski definition) is 2. The molecular weight excluding hydrogens is 288 g/mol. The minimum atomic E-state index is -0.623. The Morgan fingerprint density at radius 3 is 2.67 bits per heavy atom. The summed E-state index contributed by atoms with van der Waals surface area (Å²) < 4.78 is 1.61. The minimum absolute atomic E-state index is 0.252. The number of halogens is 1. The summed E-state index contributed by atoms with van der Waals surface area (Å²) in [7, 11) is 0. The average Bonchev–Trinajstić information content (AvgIpc) is 2.90. The van der Waals surface area contributed by atoms with E-state index in [0.29, 0.717) is 16.4 Å². The molecule has 1 amide bonds. The van der Waals surface area contributed by atoms with Crippen molar-refractivity contribution in [3.05, 3.63) is 41.7 Å². The summed E-state index contributed by atoms with van der Waals surface area (Å²) >= 11 is 6.23. The molecule has 3 N–H and O–H groups in total. The molecule has 2 aromatic rings. The molecule has 1 aromatic heterocycles. The standard InChI is InChI=1S/C15H19ClN4O/c1-15(2,3)13(17)14(21)19-11-7-4-6-10(16)12(11)20-9-5-8-18-20/h4-9,13H,17H2,1-3H3,(H,19,21)/t13-/m1/s1. The van der Waals surface area contributed by atoms with Gasteiger partial charge in [0, 0.05) is 12.4 Å². The van der Waals surface area contributed by atoms with E-state index in [2.05, 4.69) is 10.4 Å². The van der Waals surface area contributed by atoms with E-state index in [1.165, 1.54) is 0 Å². The van der Waals surface area contributed by atoms with Gasteiger partial charge in [0.15, 0.2) is 0 Å². The van der Waals surface area contributed by atoms with E-state index in [-0.39, 0.29) is 11.3 Å². The summed E-state index contributed by atoms with van der Waals surface area (Å²) in [5.41, 5.74) is 6.86. The Balaban J connectivity index is 2.34. The molecule has 0 bridgehead atoms. The quantitative estimate of drug-likeness (QED) is 0.916. The van der Waals surface area contributed by atoms with Gasteiger partial charge in [0.05, 0.1) is 16.8 Å². The Bertz CT molecular complexity index is 632. The first-order chi connectivity index (χ1) is 9.80. The molecule has 6 heteroatoms. The Kier molecular flexibility index (Phi) is 4.34. The molecule has 0 radical (unpaired) electrons. The maximum atomic E-state index is 12.3. The fourth-order valence-electron chi connectivity index (χ4n) is 1.85. The van der Waals surface area contributed by atoms with Gasteiger partial charge in [-0.1, -0.05) is 38.4 Å². The van der Waals surface area contributed by atoms with Crippen LogP contribution in [0.2, 0.25) is 5.02 Å². The summed E-state index contributed by atoms with van der Waals surface area (Å²) in [6, 6.07) is 6.46. The fraction of sp³-hybridized carbons (Fsp3) is 0.333. The summed E-state index contributed by atoms with van der Waals surface area (Å²) in [6.45, 7) is 5.76. The smallest absolute Gasteiger partial charge is 0.241 e. The zero-order chi connectivity index (χ0) is 15.6. The van der Waals surface area contributed by atoms with Gasteiger partial charge in [0.25, 0.3) is 0 Å². The van der Waals surface area contributed by atoms with E-state index in [9.17, 15) is 4.79 Å². The van der Waals surface area contributed by atoms with Crippen LogP contribution in [0.5, 0.6) is 0 Å². The van der Waals surface area contributed by atoms with Gasteiger partial charge in [-0.05, 0) is 23.6 Å². The molecule has 0 unspecified atom stereocenters. The van der Waals surface area contributed by atoms with Crippen LogP contribution in [0.4, 0.5) is 5.69 Å². The third-order valence-corrected chi connectivity index (χ3v) is 3.50. The van der Waals surface area contributed by atoms with Gasteiger partial charge in [0.2, 0.25) is 5.91 Å². The predicted octanol–water partition coefficient (Wildman–Crippen LogP) is 2.84. The second-order valence-electron chi connectivity index (χ2n) is 5.92. The molecule has 0 fully saturated rings. The molecular formula is C15H19ClN4O. The van der Waals surface area contributed by atoms with Crippen molar-refractivity contribution in [3.8, 4) is 5.69 Å². The molecule has 0 aliphatic rings. The van der Waals surface area contributed by atoms with E-state index >= 15 is 0 Å². The zero-order valence-corrected chi connectivity index (χ0v) is 13.1. The maximum Gasteiger partial charge on any atom is 0.241 e. The van der Waals surface area contributed by atoms with Crippen LogP contribution in [-0.2, 0) is 4.79 Å². The lowest BCUT2D eigenvalue weighted by molar-refractivity contribution is -0.119. The van der Waals surface area contributed by atoms with Crippen molar-refractivity contribution in [1.29, 1.82) is 0 Å². The van der Waals surface area contributed by atoms with E-state index in [4.69, 9.17) is 17.3 Å². The summed E-state index contributed by atoms with van der Waals surface area (Å²) in [4.78, 5) is 12.3. The molecule has 1 atom stereocenters. The van der Waals surface area contributed by atoms with Gasteiger partial charge >= 0.3 is 0 Å². The van der Waals surface area contributed by atoms with E-state index < -0.39 is 6.04 Å². The Morgan fingerprint density at radius 2 is 2.10 bits per heavy atom. The van der Waals surface area contributed by atoms with Crippen molar-refractivity contribution in [1.82, 2.24) is 9.78 Å². The number of amides is 1. The van der Waals surface area contributed by atoms with Crippen LogP contribution < -0.4 is 11.1 Å². The third-order valence-electron chi connectivity index (χ3n) is 3.19. The molecule has 21 heavy (non-hydrogen) atoms. The molecule has 1 heterocycles. The predicted molar refractivity (Wildman–Crippen MR) is 84.6 cm³/mol. The highest BCUT2D eigenvalue weighted by Gasteiger charge is 2.28. The van der Waals surface area contributed by atoms with Crippen LogP contribution in [0.15, 0.2) is 36.7 Å². The van der Waals surface area contributed by atoms with Gasteiger partial charge in [-0.25, -0.2) is 4.68 Å². The number of benzene rings is 1. The molecule has 2 rings (SSSR count). The minimum Gasteiger partial charge on any atom is -0.323 e. The van der Waals surface area contributed by atoms with E-state index in [1.807, 2.05) is 20.8 Å². The number of hydrogen-bond acceptors (Lipinski definition) is 3. The molecule has 0 aliphatic heterocycles. The number of carbonyl (C=O) groups is 1. The lowest BCUT2D eigenvalue weighted by Crippen LogP contribution is -2.45. The van der Waals surface area contributed by atoms with Gasteiger partial charge in [-0.15, -0.1) is 0 Å². The second-order valence-corrected chi connectivity index (χ2v) is 6.33. The highest BCUT2D eigenvalue weighted by atomic mass is 35.5. The van der Waals surface area contributed by atoms with Gasteiger partial charge in [-0.3, -0.25) is 4.79 Å². The van der Waals surface area contributed by atoms with Crippen LogP contribution >= 0.6 is 11.6 Å².